The zero-order valence-corrected chi connectivity index (χ0v) is 9.72. The number of aliphatic hydroxyl groups excluding tert-OH is 1. The van der Waals surface area contributed by atoms with Crippen LogP contribution in [0.1, 0.15) is 12.1 Å². The van der Waals surface area contributed by atoms with Gasteiger partial charge in [-0.05, 0) is 0 Å². The van der Waals surface area contributed by atoms with Crippen molar-refractivity contribution in [2.24, 2.45) is 0 Å². The Balaban J connectivity index is 1.95. The Labute approximate surface area is 106 Å². The lowest BCUT2D eigenvalue weighted by atomic mass is 10.2. The lowest BCUT2D eigenvalue weighted by Gasteiger charge is -2.28. The van der Waals surface area contributed by atoms with Crippen molar-refractivity contribution in [2.75, 3.05) is 6.61 Å². The van der Waals surface area contributed by atoms with E-state index in [1.165, 1.54) is 0 Å². The van der Waals surface area contributed by atoms with Gasteiger partial charge in [-0.2, -0.15) is 0 Å². The van der Waals surface area contributed by atoms with Gasteiger partial charge in [0.05, 0.1) is 17.6 Å². The predicted octanol–water partition coefficient (Wildman–Crippen LogP) is 1.10. The molecule has 5 nitrogen and oxygen atoms in total. The van der Waals surface area contributed by atoms with Crippen molar-refractivity contribution in [3.63, 3.8) is 0 Å². The topological polar surface area (TPSA) is 56.5 Å². The van der Waals surface area contributed by atoms with Crippen LogP contribution in [0, 0.1) is 11.6 Å². The average molecular weight is 268 g/mol. The molecule has 3 heterocycles. The van der Waals surface area contributed by atoms with Crippen LogP contribution in [0.3, 0.4) is 0 Å². The number of halogens is 2. The van der Waals surface area contributed by atoms with Crippen molar-refractivity contribution < 1.29 is 23.4 Å². The van der Waals surface area contributed by atoms with E-state index in [9.17, 15) is 13.9 Å². The molecule has 4 rings (SSSR count). The number of aliphatic hydroxyl groups is 1. The minimum absolute atomic E-state index is 0.151. The van der Waals surface area contributed by atoms with Gasteiger partial charge in [0, 0.05) is 12.1 Å². The quantitative estimate of drug-likeness (QED) is 0.777. The van der Waals surface area contributed by atoms with Crippen molar-refractivity contribution in [3.8, 4) is 0 Å². The summed E-state index contributed by atoms with van der Waals surface area (Å²) in [5, 5.41) is 9.74. The smallest absolute Gasteiger partial charge is 0.164 e. The monoisotopic (exact) mass is 268 g/mol. The molecule has 2 aromatic rings. The Bertz CT molecular complexity index is 673. The second-order valence-electron chi connectivity index (χ2n) is 4.72. The third kappa shape index (κ3) is 1.46. The molecule has 0 saturated carbocycles. The predicted molar refractivity (Wildman–Crippen MR) is 59.2 cm³/mol. The first kappa shape index (κ1) is 11.3. The van der Waals surface area contributed by atoms with E-state index in [1.807, 2.05) is 0 Å². The summed E-state index contributed by atoms with van der Waals surface area (Å²) in [4.78, 5) is 4.21. The molecule has 0 amide bonds. The second-order valence-corrected chi connectivity index (χ2v) is 4.72. The second kappa shape index (κ2) is 3.72. The highest BCUT2D eigenvalue weighted by molar-refractivity contribution is 5.76. The minimum atomic E-state index is -0.937. The molecule has 1 fully saturated rings. The highest BCUT2D eigenvalue weighted by atomic mass is 19.2. The molecule has 0 spiro atoms. The maximum atomic E-state index is 13.4. The minimum Gasteiger partial charge on any atom is -0.388 e. The lowest BCUT2D eigenvalue weighted by Crippen LogP contribution is -2.36. The summed E-state index contributed by atoms with van der Waals surface area (Å²) in [6, 6.07) is 2.15. The van der Waals surface area contributed by atoms with Gasteiger partial charge in [-0.25, -0.2) is 13.8 Å². The van der Waals surface area contributed by atoms with Crippen LogP contribution < -0.4 is 0 Å². The molecule has 2 aliphatic heterocycles. The molecule has 1 aromatic carbocycles. The van der Waals surface area contributed by atoms with E-state index in [-0.39, 0.29) is 13.2 Å². The van der Waals surface area contributed by atoms with Gasteiger partial charge in [-0.3, -0.25) is 4.57 Å². The molecule has 0 unspecified atom stereocenters. The normalized spacial score (nSPS) is 29.5. The zero-order valence-electron chi connectivity index (χ0n) is 9.72. The van der Waals surface area contributed by atoms with E-state index in [2.05, 4.69) is 4.98 Å². The first-order chi connectivity index (χ1) is 9.15. The van der Waals surface area contributed by atoms with Crippen LogP contribution >= 0.6 is 0 Å². The summed E-state index contributed by atoms with van der Waals surface area (Å²) in [6.07, 6.45) is -1.77. The largest absolute Gasteiger partial charge is 0.388 e. The molecule has 3 atom stereocenters. The molecule has 0 aliphatic carbocycles. The van der Waals surface area contributed by atoms with Crippen molar-refractivity contribution in [1.82, 2.24) is 9.55 Å². The van der Waals surface area contributed by atoms with Crippen molar-refractivity contribution in [1.29, 1.82) is 0 Å². The Morgan fingerprint density at radius 3 is 2.89 bits per heavy atom. The summed E-state index contributed by atoms with van der Waals surface area (Å²) in [5.41, 5.74) is 0.796. The zero-order chi connectivity index (χ0) is 13.1. The van der Waals surface area contributed by atoms with E-state index >= 15 is 0 Å². The van der Waals surface area contributed by atoms with E-state index in [4.69, 9.17) is 9.47 Å². The Morgan fingerprint density at radius 2 is 2.05 bits per heavy atom. The summed E-state index contributed by atoms with van der Waals surface area (Å²) in [6.45, 7) is 0.331. The highest BCUT2D eigenvalue weighted by Crippen LogP contribution is 2.36. The van der Waals surface area contributed by atoms with Gasteiger partial charge >= 0.3 is 0 Å². The molecular weight excluding hydrogens is 258 g/mol. The highest BCUT2D eigenvalue weighted by Gasteiger charge is 2.43. The molecule has 1 N–H and O–H groups in total. The molecule has 19 heavy (non-hydrogen) atoms. The Kier molecular flexibility index (Phi) is 2.21. The third-order valence-electron chi connectivity index (χ3n) is 3.56. The fourth-order valence-corrected chi connectivity index (χ4v) is 2.69. The Morgan fingerprint density at radius 1 is 1.26 bits per heavy atom. The first-order valence-electron chi connectivity index (χ1n) is 5.92. The van der Waals surface area contributed by atoms with E-state index in [1.54, 1.807) is 4.57 Å². The number of hydrogen-bond donors (Lipinski definition) is 1. The first-order valence-corrected chi connectivity index (χ1v) is 5.92. The van der Waals surface area contributed by atoms with Gasteiger partial charge in [0.1, 0.15) is 24.6 Å². The van der Waals surface area contributed by atoms with E-state index in [0.29, 0.717) is 16.9 Å². The maximum Gasteiger partial charge on any atom is 0.164 e. The van der Waals surface area contributed by atoms with Crippen molar-refractivity contribution >= 4 is 11.0 Å². The fraction of sp³-hybridized carbons (Fsp3) is 0.417. The summed E-state index contributed by atoms with van der Waals surface area (Å²) in [7, 11) is 0. The number of benzene rings is 1. The molecule has 1 saturated heterocycles. The van der Waals surface area contributed by atoms with Crippen LogP contribution in [0.15, 0.2) is 12.1 Å². The summed E-state index contributed by atoms with van der Waals surface area (Å²) in [5.74, 6) is -1.33. The van der Waals surface area contributed by atoms with Crippen LogP contribution in [0.5, 0.6) is 0 Å². The summed E-state index contributed by atoms with van der Waals surface area (Å²) >= 11 is 0. The molecule has 7 heteroatoms. The number of hydrogen-bond acceptors (Lipinski definition) is 4. The van der Waals surface area contributed by atoms with Crippen LogP contribution in [0.25, 0.3) is 11.0 Å². The van der Waals surface area contributed by atoms with Crippen molar-refractivity contribution in [3.05, 3.63) is 29.6 Å². The molecule has 0 bridgehead atoms. The number of imidazole rings is 1. The molecule has 0 radical (unpaired) electrons. The molecular formula is C12H10F2N2O3. The number of aromatic nitrogens is 2. The number of rotatable bonds is 0. The van der Waals surface area contributed by atoms with Gasteiger partial charge in [-0.1, -0.05) is 0 Å². The lowest BCUT2D eigenvalue weighted by molar-refractivity contribution is -0.0969. The number of nitrogens with zero attached hydrogens (tertiary/aromatic N) is 2. The standard InChI is InChI=1S/C12H10F2N2O3/c13-5-1-7-8(2-6(5)14)16-10(15-7)4-18-11-9(17)3-19-12(11)16/h1-2,9,11-12,17H,3-4H2/t9-,11-,12+/m1/s1. The fourth-order valence-electron chi connectivity index (χ4n) is 2.69. The average Bonchev–Trinajstić information content (AvgIpc) is 2.91. The van der Waals surface area contributed by atoms with E-state index in [0.717, 1.165) is 12.1 Å². The van der Waals surface area contributed by atoms with Crippen LogP contribution in [0.4, 0.5) is 8.78 Å². The van der Waals surface area contributed by atoms with Crippen LogP contribution in [0.2, 0.25) is 0 Å². The van der Waals surface area contributed by atoms with Gasteiger partial charge in [0.25, 0.3) is 0 Å². The van der Waals surface area contributed by atoms with Gasteiger partial charge in [0.2, 0.25) is 0 Å². The maximum absolute atomic E-state index is 13.4. The SMILES string of the molecule is O[C@@H]1CO[C@H]2[C@@H]1OCc1nc3cc(F)c(F)cc3n12. The molecule has 2 aliphatic rings. The molecule has 100 valence electrons. The van der Waals surface area contributed by atoms with Gasteiger partial charge < -0.3 is 14.6 Å². The number of ether oxygens (including phenoxy) is 2. The van der Waals surface area contributed by atoms with Crippen LogP contribution in [-0.4, -0.2) is 33.5 Å². The number of fused-ring (bicyclic) bond motifs is 5. The summed E-state index contributed by atoms with van der Waals surface area (Å²) < 4.78 is 39.2. The van der Waals surface area contributed by atoms with Crippen LogP contribution in [-0.2, 0) is 16.1 Å². The van der Waals surface area contributed by atoms with Gasteiger partial charge in [0.15, 0.2) is 17.9 Å². The third-order valence-corrected chi connectivity index (χ3v) is 3.56. The van der Waals surface area contributed by atoms with Crippen molar-refractivity contribution in [2.45, 2.75) is 25.0 Å². The van der Waals surface area contributed by atoms with E-state index < -0.39 is 30.1 Å². The van der Waals surface area contributed by atoms with Gasteiger partial charge in [-0.15, -0.1) is 0 Å². The Hall–Kier alpha value is -1.57. The molecule has 1 aromatic heterocycles.